The fraction of sp³-hybridized carbons (Fsp3) is 0.231. The van der Waals surface area contributed by atoms with Crippen LogP contribution in [0.4, 0.5) is 0 Å². The van der Waals surface area contributed by atoms with Crippen molar-refractivity contribution < 1.29 is 5.11 Å². The van der Waals surface area contributed by atoms with Gasteiger partial charge in [0.1, 0.15) is 6.10 Å². The van der Waals surface area contributed by atoms with Crippen molar-refractivity contribution in [2.75, 3.05) is 0 Å². The first kappa shape index (κ1) is 10.4. The number of benzene rings is 1. The predicted molar refractivity (Wildman–Crippen MR) is 64.3 cm³/mol. The van der Waals surface area contributed by atoms with E-state index in [2.05, 4.69) is 0 Å². The van der Waals surface area contributed by atoms with Crippen molar-refractivity contribution in [2.45, 2.75) is 20.0 Å². The van der Waals surface area contributed by atoms with Crippen LogP contribution in [0.3, 0.4) is 0 Å². The topological polar surface area (TPSA) is 20.2 Å². The van der Waals surface area contributed by atoms with Gasteiger partial charge in [-0.1, -0.05) is 29.8 Å². The third-order valence-corrected chi connectivity index (χ3v) is 3.61. The molecule has 0 aliphatic heterocycles. The largest absolute Gasteiger partial charge is 0.383 e. The highest BCUT2D eigenvalue weighted by molar-refractivity contribution is 7.10. The van der Waals surface area contributed by atoms with Gasteiger partial charge in [0.2, 0.25) is 0 Å². The van der Waals surface area contributed by atoms with Gasteiger partial charge in [-0.25, -0.2) is 0 Å². The Labute approximate surface area is 94.0 Å². The van der Waals surface area contributed by atoms with Gasteiger partial charge < -0.3 is 5.11 Å². The van der Waals surface area contributed by atoms with E-state index in [1.165, 1.54) is 5.56 Å². The second-order valence-corrected chi connectivity index (χ2v) is 4.73. The lowest BCUT2D eigenvalue weighted by molar-refractivity contribution is 0.223. The highest BCUT2D eigenvalue weighted by Crippen LogP contribution is 2.29. The number of hydrogen-bond acceptors (Lipinski definition) is 2. The lowest BCUT2D eigenvalue weighted by atomic mass is 10.0. The molecular weight excluding hydrogens is 204 g/mol. The Hall–Kier alpha value is -1.12. The van der Waals surface area contributed by atoms with Crippen molar-refractivity contribution in [1.29, 1.82) is 0 Å². The standard InChI is InChI=1S/C13H14OS/c1-9-3-5-11(6-4-9)12(14)13-10(2)7-8-15-13/h3-8,12,14H,1-2H3. The summed E-state index contributed by atoms with van der Waals surface area (Å²) in [5.74, 6) is 0. The Kier molecular flexibility index (Phi) is 2.89. The van der Waals surface area contributed by atoms with Crippen LogP contribution in [-0.2, 0) is 0 Å². The van der Waals surface area contributed by atoms with Gasteiger partial charge in [0.25, 0.3) is 0 Å². The highest BCUT2D eigenvalue weighted by Gasteiger charge is 2.13. The van der Waals surface area contributed by atoms with Crippen LogP contribution in [0.15, 0.2) is 35.7 Å². The first-order chi connectivity index (χ1) is 7.18. The molecule has 0 fully saturated rings. The normalized spacial score (nSPS) is 12.7. The van der Waals surface area contributed by atoms with Crippen LogP contribution in [0.1, 0.15) is 27.7 Å². The van der Waals surface area contributed by atoms with Gasteiger partial charge >= 0.3 is 0 Å². The van der Waals surface area contributed by atoms with Gasteiger partial charge in [-0.05, 0) is 36.4 Å². The molecule has 78 valence electrons. The first-order valence-electron chi connectivity index (χ1n) is 4.97. The van der Waals surface area contributed by atoms with Gasteiger partial charge in [0, 0.05) is 4.88 Å². The molecule has 1 unspecified atom stereocenters. The Bertz CT molecular complexity index is 442. The zero-order valence-electron chi connectivity index (χ0n) is 8.90. The molecule has 1 N–H and O–H groups in total. The van der Waals surface area contributed by atoms with Crippen LogP contribution in [-0.4, -0.2) is 5.11 Å². The molecule has 0 saturated carbocycles. The lowest BCUT2D eigenvalue weighted by Gasteiger charge is -2.10. The van der Waals surface area contributed by atoms with Gasteiger partial charge in [-0.2, -0.15) is 0 Å². The molecule has 0 spiro atoms. The van der Waals surface area contributed by atoms with E-state index in [4.69, 9.17) is 0 Å². The minimum Gasteiger partial charge on any atom is -0.383 e. The van der Waals surface area contributed by atoms with Crippen molar-refractivity contribution in [3.8, 4) is 0 Å². The van der Waals surface area contributed by atoms with E-state index in [1.54, 1.807) is 11.3 Å². The molecule has 1 heterocycles. The quantitative estimate of drug-likeness (QED) is 0.818. The van der Waals surface area contributed by atoms with E-state index in [0.717, 1.165) is 16.0 Å². The summed E-state index contributed by atoms with van der Waals surface area (Å²) in [6.07, 6.45) is -0.481. The summed E-state index contributed by atoms with van der Waals surface area (Å²) >= 11 is 1.61. The predicted octanol–water partition coefficient (Wildman–Crippen LogP) is 3.45. The van der Waals surface area contributed by atoms with Gasteiger partial charge in [-0.15, -0.1) is 11.3 Å². The van der Waals surface area contributed by atoms with Crippen LogP contribution in [0.5, 0.6) is 0 Å². The number of aliphatic hydroxyl groups is 1. The van der Waals surface area contributed by atoms with Crippen LogP contribution in [0.2, 0.25) is 0 Å². The molecule has 2 aromatic rings. The summed E-state index contributed by atoms with van der Waals surface area (Å²) < 4.78 is 0. The molecule has 2 rings (SSSR count). The maximum atomic E-state index is 10.2. The smallest absolute Gasteiger partial charge is 0.113 e. The average Bonchev–Trinajstić information content (AvgIpc) is 2.65. The molecule has 0 radical (unpaired) electrons. The minimum absolute atomic E-state index is 0.481. The molecule has 0 saturated heterocycles. The van der Waals surface area contributed by atoms with Crippen molar-refractivity contribution in [1.82, 2.24) is 0 Å². The van der Waals surface area contributed by atoms with E-state index in [9.17, 15) is 5.11 Å². The molecule has 1 atom stereocenters. The fourth-order valence-corrected chi connectivity index (χ4v) is 2.50. The van der Waals surface area contributed by atoms with Crippen molar-refractivity contribution in [2.24, 2.45) is 0 Å². The minimum atomic E-state index is -0.481. The summed E-state index contributed by atoms with van der Waals surface area (Å²) in [6, 6.07) is 10.1. The first-order valence-corrected chi connectivity index (χ1v) is 5.85. The molecule has 0 aliphatic carbocycles. The Morgan fingerprint density at radius 3 is 2.27 bits per heavy atom. The number of hydrogen-bond donors (Lipinski definition) is 1. The zero-order chi connectivity index (χ0) is 10.8. The summed E-state index contributed by atoms with van der Waals surface area (Å²) in [5.41, 5.74) is 3.34. The molecule has 1 nitrogen and oxygen atoms in total. The van der Waals surface area contributed by atoms with Crippen molar-refractivity contribution in [3.63, 3.8) is 0 Å². The maximum absolute atomic E-state index is 10.2. The SMILES string of the molecule is Cc1ccc(C(O)c2sccc2C)cc1. The van der Waals surface area contributed by atoms with E-state index >= 15 is 0 Å². The molecule has 0 aliphatic rings. The highest BCUT2D eigenvalue weighted by atomic mass is 32.1. The van der Waals surface area contributed by atoms with Crippen molar-refractivity contribution >= 4 is 11.3 Å². The second kappa shape index (κ2) is 4.17. The van der Waals surface area contributed by atoms with E-state index in [-0.39, 0.29) is 0 Å². The maximum Gasteiger partial charge on any atom is 0.113 e. The number of aryl methyl sites for hydroxylation is 2. The van der Waals surface area contributed by atoms with Crippen molar-refractivity contribution in [3.05, 3.63) is 57.3 Å². The molecule has 0 amide bonds. The number of rotatable bonds is 2. The Morgan fingerprint density at radius 1 is 1.07 bits per heavy atom. The fourth-order valence-electron chi connectivity index (χ4n) is 1.56. The monoisotopic (exact) mass is 218 g/mol. The third kappa shape index (κ3) is 2.11. The summed E-state index contributed by atoms with van der Waals surface area (Å²) in [6.45, 7) is 4.08. The third-order valence-electron chi connectivity index (χ3n) is 2.54. The molecule has 2 heteroatoms. The van der Waals surface area contributed by atoms with Crippen LogP contribution >= 0.6 is 11.3 Å². The lowest BCUT2D eigenvalue weighted by Crippen LogP contribution is -1.98. The van der Waals surface area contributed by atoms with E-state index in [1.807, 2.05) is 49.6 Å². The van der Waals surface area contributed by atoms with Gasteiger partial charge in [-0.3, -0.25) is 0 Å². The van der Waals surface area contributed by atoms with Crippen LogP contribution in [0, 0.1) is 13.8 Å². The molecule has 15 heavy (non-hydrogen) atoms. The molecular formula is C13H14OS. The summed E-state index contributed by atoms with van der Waals surface area (Å²) in [7, 11) is 0. The van der Waals surface area contributed by atoms with E-state index in [0.29, 0.717) is 0 Å². The second-order valence-electron chi connectivity index (χ2n) is 3.78. The Morgan fingerprint density at radius 2 is 1.73 bits per heavy atom. The van der Waals surface area contributed by atoms with Crippen LogP contribution in [0.25, 0.3) is 0 Å². The van der Waals surface area contributed by atoms with Gasteiger partial charge in [0.15, 0.2) is 0 Å². The summed E-state index contributed by atoms with van der Waals surface area (Å²) in [4.78, 5) is 1.04. The number of thiophene rings is 1. The molecule has 1 aromatic carbocycles. The molecule has 1 aromatic heterocycles. The number of aliphatic hydroxyl groups excluding tert-OH is 1. The summed E-state index contributed by atoms with van der Waals surface area (Å²) in [5, 5.41) is 12.2. The Balaban J connectivity index is 2.32. The van der Waals surface area contributed by atoms with Crippen LogP contribution < -0.4 is 0 Å². The van der Waals surface area contributed by atoms with E-state index < -0.39 is 6.10 Å². The average molecular weight is 218 g/mol. The van der Waals surface area contributed by atoms with Gasteiger partial charge in [0.05, 0.1) is 0 Å². The molecule has 0 bridgehead atoms. The zero-order valence-corrected chi connectivity index (χ0v) is 9.71.